The van der Waals surface area contributed by atoms with E-state index in [1.165, 1.54) is 34.3 Å². The Hall–Kier alpha value is -5.26. The number of hydrogen-bond donors (Lipinski definition) is 1. The van der Waals surface area contributed by atoms with Crippen molar-refractivity contribution in [2.24, 2.45) is 11.7 Å². The van der Waals surface area contributed by atoms with Crippen molar-refractivity contribution in [1.82, 2.24) is 19.5 Å². The molecule has 0 radical (unpaired) electrons. The fraction of sp³-hybridized carbons (Fsp3) is 0.257. The lowest BCUT2D eigenvalue weighted by Crippen LogP contribution is -2.39. The van der Waals surface area contributed by atoms with E-state index in [9.17, 15) is 22.8 Å². The van der Waals surface area contributed by atoms with Crippen LogP contribution in [0.1, 0.15) is 46.6 Å². The number of primary amides is 1. The maximum atomic E-state index is 15.6. The minimum atomic E-state index is -4.52. The van der Waals surface area contributed by atoms with Gasteiger partial charge in [0, 0.05) is 42.5 Å². The molecule has 47 heavy (non-hydrogen) atoms. The molecule has 2 aliphatic heterocycles. The topological polar surface area (TPSA) is 96.8 Å². The average Bonchev–Trinajstić information content (AvgIpc) is 3.72. The smallest absolute Gasteiger partial charge is 0.371 e. The van der Waals surface area contributed by atoms with E-state index in [0.29, 0.717) is 49.4 Å². The predicted octanol–water partition coefficient (Wildman–Crippen LogP) is 6.29. The van der Waals surface area contributed by atoms with Crippen LogP contribution in [0.25, 0.3) is 28.2 Å². The van der Waals surface area contributed by atoms with Crippen molar-refractivity contribution < 1.29 is 27.2 Å². The first-order chi connectivity index (χ1) is 22.5. The summed E-state index contributed by atoms with van der Waals surface area (Å²) in [5, 5.41) is 4.60. The Morgan fingerprint density at radius 2 is 1.72 bits per heavy atom. The first-order valence-corrected chi connectivity index (χ1v) is 15.3. The summed E-state index contributed by atoms with van der Waals surface area (Å²) in [6.45, 7) is 3.39. The Bertz CT molecular complexity index is 2020. The SMILES string of the molecule is C[C@@H]1c2ccccc2CCN1C(=O)c1cc(-c2ccc(C(F)(F)F)cc2)n2nc(-c3ccc(N4CC[C@H](C(N)=O)C4)cc3F)cc2n1. The molecule has 240 valence electrons. The monoisotopic (exact) mass is 642 g/mol. The molecule has 0 spiro atoms. The average molecular weight is 643 g/mol. The lowest BCUT2D eigenvalue weighted by atomic mass is 9.93. The van der Waals surface area contributed by atoms with Gasteiger partial charge < -0.3 is 15.5 Å². The molecule has 2 atom stereocenters. The standard InChI is InChI=1S/C35H30F4N6O2/c1-20-26-5-3-2-4-21(26)13-15-44(20)34(47)30-17-31(22-6-8-24(9-7-22)35(37,38)39)45-32(41-30)18-29(42-45)27-11-10-25(16-28(27)36)43-14-12-23(19-43)33(40)46/h2-11,16-18,20,23H,12-15,19H2,1H3,(H2,40,46)/t20-,23+/m1/s1. The van der Waals surface area contributed by atoms with E-state index < -0.39 is 17.6 Å². The van der Waals surface area contributed by atoms with E-state index in [4.69, 9.17) is 5.73 Å². The molecule has 4 heterocycles. The zero-order chi connectivity index (χ0) is 33.0. The van der Waals surface area contributed by atoms with Gasteiger partial charge in [-0.3, -0.25) is 9.59 Å². The normalized spacial score (nSPS) is 18.1. The third kappa shape index (κ3) is 5.57. The van der Waals surface area contributed by atoms with Crippen molar-refractivity contribution in [1.29, 1.82) is 0 Å². The van der Waals surface area contributed by atoms with Crippen molar-refractivity contribution in [2.75, 3.05) is 24.5 Å². The van der Waals surface area contributed by atoms with Gasteiger partial charge in [0.05, 0.1) is 28.9 Å². The molecule has 0 saturated carbocycles. The first-order valence-electron chi connectivity index (χ1n) is 15.3. The lowest BCUT2D eigenvalue weighted by Gasteiger charge is -2.35. The highest BCUT2D eigenvalue weighted by atomic mass is 19.4. The molecule has 0 bridgehead atoms. The largest absolute Gasteiger partial charge is 0.416 e. The molecule has 0 unspecified atom stereocenters. The molecule has 1 fully saturated rings. The van der Waals surface area contributed by atoms with Gasteiger partial charge in [-0.05, 0) is 67.3 Å². The quantitative estimate of drug-likeness (QED) is 0.227. The fourth-order valence-electron chi connectivity index (χ4n) is 6.58. The summed E-state index contributed by atoms with van der Waals surface area (Å²) in [4.78, 5) is 33.8. The summed E-state index contributed by atoms with van der Waals surface area (Å²) in [7, 11) is 0. The number of alkyl halides is 3. The second-order valence-corrected chi connectivity index (χ2v) is 12.0. The Balaban J connectivity index is 1.29. The van der Waals surface area contributed by atoms with Gasteiger partial charge in [-0.2, -0.15) is 18.3 Å². The molecular weight excluding hydrogens is 612 g/mol. The van der Waals surface area contributed by atoms with Gasteiger partial charge in [0.2, 0.25) is 5.91 Å². The van der Waals surface area contributed by atoms with E-state index in [-0.39, 0.29) is 46.4 Å². The van der Waals surface area contributed by atoms with Gasteiger partial charge in [-0.1, -0.05) is 36.4 Å². The minimum absolute atomic E-state index is 0.0962. The van der Waals surface area contributed by atoms with Crippen LogP contribution in [-0.2, 0) is 17.4 Å². The molecule has 12 heteroatoms. The summed E-state index contributed by atoms with van der Waals surface area (Å²) in [5.41, 5.74) is 8.90. The number of amides is 2. The van der Waals surface area contributed by atoms with Crippen LogP contribution in [0, 0.1) is 11.7 Å². The number of nitrogens with two attached hydrogens (primary N) is 1. The van der Waals surface area contributed by atoms with Crippen molar-refractivity contribution in [3.05, 3.63) is 107 Å². The van der Waals surface area contributed by atoms with Crippen LogP contribution in [0.15, 0.2) is 78.9 Å². The molecule has 3 aromatic carbocycles. The number of carbonyl (C=O) groups is 2. The summed E-state index contributed by atoms with van der Waals surface area (Å²) in [5.74, 6) is -1.57. The minimum Gasteiger partial charge on any atom is -0.371 e. The van der Waals surface area contributed by atoms with Gasteiger partial charge in [0.1, 0.15) is 11.5 Å². The zero-order valence-corrected chi connectivity index (χ0v) is 25.3. The van der Waals surface area contributed by atoms with E-state index >= 15 is 4.39 Å². The third-order valence-corrected chi connectivity index (χ3v) is 9.19. The van der Waals surface area contributed by atoms with Crippen LogP contribution < -0.4 is 10.6 Å². The van der Waals surface area contributed by atoms with Crippen molar-refractivity contribution in [2.45, 2.75) is 32.0 Å². The van der Waals surface area contributed by atoms with E-state index in [0.717, 1.165) is 17.7 Å². The number of anilines is 1. The Kier molecular flexibility index (Phi) is 7.45. The molecule has 0 aliphatic carbocycles. The molecule has 2 aliphatic rings. The number of halogens is 4. The number of aromatic nitrogens is 3. The van der Waals surface area contributed by atoms with Gasteiger partial charge in [-0.15, -0.1) is 0 Å². The Labute approximate surface area is 267 Å². The van der Waals surface area contributed by atoms with Crippen LogP contribution >= 0.6 is 0 Å². The maximum Gasteiger partial charge on any atom is 0.416 e. The third-order valence-electron chi connectivity index (χ3n) is 9.19. The molecule has 5 aromatic rings. The lowest BCUT2D eigenvalue weighted by molar-refractivity contribution is -0.137. The van der Waals surface area contributed by atoms with Crippen molar-refractivity contribution in [3.63, 3.8) is 0 Å². The van der Waals surface area contributed by atoms with Gasteiger partial charge in [0.15, 0.2) is 5.65 Å². The summed E-state index contributed by atoms with van der Waals surface area (Å²) < 4.78 is 57.1. The number of benzene rings is 3. The van der Waals surface area contributed by atoms with Crippen LogP contribution in [0.2, 0.25) is 0 Å². The summed E-state index contributed by atoms with van der Waals surface area (Å²) in [6, 6.07) is 20.0. The Morgan fingerprint density at radius 3 is 2.43 bits per heavy atom. The van der Waals surface area contributed by atoms with E-state index in [1.807, 2.05) is 36.1 Å². The molecule has 2 aromatic heterocycles. The number of carbonyl (C=O) groups excluding carboxylic acids is 2. The van der Waals surface area contributed by atoms with Crippen LogP contribution in [0.5, 0.6) is 0 Å². The van der Waals surface area contributed by atoms with E-state index in [1.54, 1.807) is 23.1 Å². The van der Waals surface area contributed by atoms with Crippen molar-refractivity contribution >= 4 is 23.1 Å². The molecule has 2 amide bonds. The molecular formula is C35H30F4N6O2. The number of fused-ring (bicyclic) bond motifs is 2. The maximum absolute atomic E-state index is 15.6. The van der Waals surface area contributed by atoms with Crippen LogP contribution in [0.4, 0.5) is 23.2 Å². The number of rotatable bonds is 5. The van der Waals surface area contributed by atoms with Crippen LogP contribution in [-0.4, -0.2) is 50.9 Å². The highest BCUT2D eigenvalue weighted by Gasteiger charge is 2.32. The molecule has 1 saturated heterocycles. The number of hydrogen-bond acceptors (Lipinski definition) is 5. The fourth-order valence-corrected chi connectivity index (χ4v) is 6.58. The van der Waals surface area contributed by atoms with E-state index in [2.05, 4.69) is 10.1 Å². The highest BCUT2D eigenvalue weighted by molar-refractivity contribution is 5.94. The molecule has 8 nitrogen and oxygen atoms in total. The summed E-state index contributed by atoms with van der Waals surface area (Å²) >= 11 is 0. The second-order valence-electron chi connectivity index (χ2n) is 12.0. The second kappa shape index (κ2) is 11.5. The van der Waals surface area contributed by atoms with Gasteiger partial charge >= 0.3 is 6.18 Å². The molecule has 7 rings (SSSR count). The Morgan fingerprint density at radius 1 is 0.957 bits per heavy atom. The highest BCUT2D eigenvalue weighted by Crippen LogP contribution is 2.35. The number of nitrogens with zero attached hydrogens (tertiary/aromatic N) is 5. The van der Waals surface area contributed by atoms with Gasteiger partial charge in [0.25, 0.3) is 5.91 Å². The van der Waals surface area contributed by atoms with Gasteiger partial charge in [-0.25, -0.2) is 13.9 Å². The summed E-state index contributed by atoms with van der Waals surface area (Å²) in [6.07, 6.45) is -3.26. The zero-order valence-electron chi connectivity index (χ0n) is 25.3. The predicted molar refractivity (Wildman–Crippen MR) is 168 cm³/mol. The first kappa shape index (κ1) is 30.4. The molecule has 2 N–H and O–H groups in total. The van der Waals surface area contributed by atoms with Crippen molar-refractivity contribution in [3.8, 4) is 22.5 Å². The van der Waals surface area contributed by atoms with Crippen LogP contribution in [0.3, 0.4) is 0 Å².